The number of pyridine rings is 1. The molecule has 0 aromatic carbocycles. The fourth-order valence-electron chi connectivity index (χ4n) is 0.790. The first kappa shape index (κ1) is 8.46. The average molecular weight is 163 g/mol. The molecule has 0 aliphatic carbocycles. The number of aromatic nitrogens is 1. The van der Waals surface area contributed by atoms with E-state index in [0.717, 1.165) is 6.08 Å². The van der Waals surface area contributed by atoms with Crippen LogP contribution < -0.4 is 0 Å². The second kappa shape index (κ2) is 3.67. The van der Waals surface area contributed by atoms with Crippen LogP contribution in [0.3, 0.4) is 0 Å². The SMILES string of the molecule is CC(=O)C=C(O)c1cccnc1. The Labute approximate surface area is 70.4 Å². The van der Waals surface area contributed by atoms with Gasteiger partial charge in [0.25, 0.3) is 0 Å². The molecule has 1 aromatic heterocycles. The molecule has 1 N–H and O–H groups in total. The van der Waals surface area contributed by atoms with E-state index in [4.69, 9.17) is 0 Å². The largest absolute Gasteiger partial charge is 0.507 e. The molecule has 1 heterocycles. The standard InChI is InChI=1S/C9H9NO2/c1-7(11)5-9(12)8-3-2-4-10-6-8/h2-6,12H,1H3. The summed E-state index contributed by atoms with van der Waals surface area (Å²) < 4.78 is 0. The van der Waals surface area contributed by atoms with Gasteiger partial charge >= 0.3 is 0 Å². The van der Waals surface area contributed by atoms with Crippen molar-refractivity contribution in [3.63, 3.8) is 0 Å². The summed E-state index contributed by atoms with van der Waals surface area (Å²) >= 11 is 0. The zero-order valence-electron chi connectivity index (χ0n) is 6.69. The van der Waals surface area contributed by atoms with Crippen LogP contribution >= 0.6 is 0 Å². The fraction of sp³-hybridized carbons (Fsp3) is 0.111. The van der Waals surface area contributed by atoms with Gasteiger partial charge in [-0.25, -0.2) is 0 Å². The highest BCUT2D eigenvalue weighted by Crippen LogP contribution is 2.07. The highest BCUT2D eigenvalue weighted by molar-refractivity contribution is 5.93. The zero-order chi connectivity index (χ0) is 8.97. The Morgan fingerprint density at radius 1 is 1.67 bits per heavy atom. The van der Waals surface area contributed by atoms with Crippen molar-refractivity contribution in [1.82, 2.24) is 4.98 Å². The van der Waals surface area contributed by atoms with Crippen LogP contribution in [0.15, 0.2) is 30.6 Å². The second-order valence-corrected chi connectivity index (χ2v) is 2.38. The Morgan fingerprint density at radius 3 is 2.92 bits per heavy atom. The van der Waals surface area contributed by atoms with E-state index in [1.807, 2.05) is 0 Å². The van der Waals surface area contributed by atoms with Crippen LogP contribution in [0, 0.1) is 0 Å². The second-order valence-electron chi connectivity index (χ2n) is 2.38. The minimum Gasteiger partial charge on any atom is -0.507 e. The monoisotopic (exact) mass is 163 g/mol. The lowest BCUT2D eigenvalue weighted by Crippen LogP contribution is -1.88. The molecule has 62 valence electrons. The van der Waals surface area contributed by atoms with Gasteiger partial charge in [-0.1, -0.05) is 0 Å². The summed E-state index contributed by atoms with van der Waals surface area (Å²) in [6.07, 6.45) is 4.26. The summed E-state index contributed by atoms with van der Waals surface area (Å²) in [6, 6.07) is 3.38. The Morgan fingerprint density at radius 2 is 2.42 bits per heavy atom. The number of allylic oxidation sites excluding steroid dienone is 1. The smallest absolute Gasteiger partial charge is 0.156 e. The lowest BCUT2D eigenvalue weighted by molar-refractivity contribution is -0.112. The van der Waals surface area contributed by atoms with Gasteiger partial charge in [-0.3, -0.25) is 9.78 Å². The van der Waals surface area contributed by atoms with Crippen molar-refractivity contribution in [3.05, 3.63) is 36.2 Å². The van der Waals surface area contributed by atoms with Crippen LogP contribution in [0.4, 0.5) is 0 Å². The van der Waals surface area contributed by atoms with Gasteiger partial charge < -0.3 is 5.11 Å². The first-order valence-corrected chi connectivity index (χ1v) is 3.52. The Hall–Kier alpha value is -1.64. The summed E-state index contributed by atoms with van der Waals surface area (Å²) in [5, 5.41) is 9.29. The molecule has 1 rings (SSSR count). The van der Waals surface area contributed by atoms with Crippen molar-refractivity contribution in [2.45, 2.75) is 6.92 Å². The number of aliphatic hydroxyl groups excluding tert-OH is 1. The van der Waals surface area contributed by atoms with Crippen molar-refractivity contribution in [2.75, 3.05) is 0 Å². The molecule has 0 saturated carbocycles. The summed E-state index contributed by atoms with van der Waals surface area (Å²) in [7, 11) is 0. The third-order valence-corrected chi connectivity index (χ3v) is 1.30. The Bertz CT molecular complexity index is 304. The first-order chi connectivity index (χ1) is 5.70. The van der Waals surface area contributed by atoms with Gasteiger partial charge in [-0.15, -0.1) is 0 Å². The van der Waals surface area contributed by atoms with Gasteiger partial charge in [-0.2, -0.15) is 0 Å². The number of aliphatic hydroxyl groups is 1. The lowest BCUT2D eigenvalue weighted by atomic mass is 10.2. The number of carbonyl (C=O) groups is 1. The van der Waals surface area contributed by atoms with Crippen molar-refractivity contribution in [1.29, 1.82) is 0 Å². The van der Waals surface area contributed by atoms with Crippen LogP contribution in [-0.4, -0.2) is 15.9 Å². The molecule has 0 radical (unpaired) electrons. The van der Waals surface area contributed by atoms with Gasteiger partial charge in [0.2, 0.25) is 0 Å². The van der Waals surface area contributed by atoms with Crippen molar-refractivity contribution < 1.29 is 9.90 Å². The fourth-order valence-corrected chi connectivity index (χ4v) is 0.790. The summed E-state index contributed by atoms with van der Waals surface area (Å²) in [6.45, 7) is 1.38. The Kier molecular flexibility index (Phi) is 2.58. The molecule has 0 fully saturated rings. The quantitative estimate of drug-likeness (QED) is 0.531. The third-order valence-electron chi connectivity index (χ3n) is 1.30. The summed E-state index contributed by atoms with van der Waals surface area (Å²) in [5.41, 5.74) is 0.549. The molecule has 3 heteroatoms. The minimum absolute atomic E-state index is 0.0457. The maximum absolute atomic E-state index is 10.6. The molecule has 0 saturated heterocycles. The molecular weight excluding hydrogens is 154 g/mol. The van der Waals surface area contributed by atoms with E-state index in [2.05, 4.69) is 4.98 Å². The number of carbonyl (C=O) groups excluding carboxylic acids is 1. The topological polar surface area (TPSA) is 50.2 Å². The number of ketones is 1. The van der Waals surface area contributed by atoms with Crippen molar-refractivity contribution in [3.8, 4) is 0 Å². The van der Waals surface area contributed by atoms with Gasteiger partial charge in [0.15, 0.2) is 5.78 Å². The summed E-state index contributed by atoms with van der Waals surface area (Å²) in [5.74, 6) is -0.230. The highest BCUT2D eigenvalue weighted by Gasteiger charge is 1.98. The van der Waals surface area contributed by atoms with Crippen LogP contribution in [0.25, 0.3) is 5.76 Å². The molecule has 0 unspecified atom stereocenters. The maximum Gasteiger partial charge on any atom is 0.156 e. The van der Waals surface area contributed by atoms with E-state index < -0.39 is 0 Å². The number of nitrogens with zero attached hydrogens (tertiary/aromatic N) is 1. The van der Waals surface area contributed by atoms with Gasteiger partial charge in [0, 0.05) is 24.0 Å². The first-order valence-electron chi connectivity index (χ1n) is 3.52. The predicted octanol–water partition coefficient (Wildman–Crippen LogP) is 1.57. The molecule has 12 heavy (non-hydrogen) atoms. The maximum atomic E-state index is 10.6. The molecule has 0 atom stereocenters. The van der Waals surface area contributed by atoms with E-state index in [9.17, 15) is 9.90 Å². The highest BCUT2D eigenvalue weighted by atomic mass is 16.3. The molecule has 3 nitrogen and oxygen atoms in total. The van der Waals surface area contributed by atoms with Gasteiger partial charge in [0.05, 0.1) is 0 Å². The van der Waals surface area contributed by atoms with Gasteiger partial charge in [0.1, 0.15) is 5.76 Å². The molecule has 1 aromatic rings. The predicted molar refractivity (Wildman–Crippen MR) is 45.5 cm³/mol. The number of hydrogen-bond acceptors (Lipinski definition) is 3. The molecule has 0 spiro atoms. The molecule has 0 aliphatic rings. The number of rotatable bonds is 2. The molecule has 0 aliphatic heterocycles. The molecule has 0 amide bonds. The number of hydrogen-bond donors (Lipinski definition) is 1. The van der Waals surface area contributed by atoms with Gasteiger partial charge in [-0.05, 0) is 19.1 Å². The van der Waals surface area contributed by atoms with Crippen LogP contribution in [-0.2, 0) is 4.79 Å². The van der Waals surface area contributed by atoms with Crippen LogP contribution in [0.1, 0.15) is 12.5 Å². The van der Waals surface area contributed by atoms with Crippen LogP contribution in [0.2, 0.25) is 0 Å². The Balaban J connectivity index is 2.93. The minimum atomic E-state index is -0.184. The van der Waals surface area contributed by atoms with Crippen LogP contribution in [0.5, 0.6) is 0 Å². The van der Waals surface area contributed by atoms with E-state index in [1.165, 1.54) is 13.1 Å². The van der Waals surface area contributed by atoms with E-state index in [1.54, 1.807) is 18.3 Å². The van der Waals surface area contributed by atoms with Crippen molar-refractivity contribution >= 4 is 11.5 Å². The van der Waals surface area contributed by atoms with E-state index in [-0.39, 0.29) is 11.5 Å². The average Bonchev–Trinajstić information content (AvgIpc) is 2.05. The van der Waals surface area contributed by atoms with Crippen molar-refractivity contribution in [2.24, 2.45) is 0 Å². The third kappa shape index (κ3) is 2.20. The normalized spacial score (nSPS) is 11.2. The molecule has 0 bridgehead atoms. The zero-order valence-corrected chi connectivity index (χ0v) is 6.69. The lowest BCUT2D eigenvalue weighted by Gasteiger charge is -1.96. The van der Waals surface area contributed by atoms with E-state index >= 15 is 0 Å². The summed E-state index contributed by atoms with van der Waals surface area (Å²) in [4.78, 5) is 14.4. The van der Waals surface area contributed by atoms with E-state index in [0.29, 0.717) is 5.56 Å². The molecular formula is C9H9NO2.